The van der Waals surface area contributed by atoms with Gasteiger partial charge in [-0.1, -0.05) is 122 Å². The summed E-state index contributed by atoms with van der Waals surface area (Å²) >= 11 is 0. The van der Waals surface area contributed by atoms with E-state index in [2.05, 4.69) is 0 Å². The van der Waals surface area contributed by atoms with Gasteiger partial charge in [0.25, 0.3) is 0 Å². The quantitative estimate of drug-likeness (QED) is 0.534. The summed E-state index contributed by atoms with van der Waals surface area (Å²) in [6.07, 6.45) is 40.0. The van der Waals surface area contributed by atoms with E-state index in [1.54, 1.807) is 0 Å². The number of hydrogen-bond acceptors (Lipinski definition) is 0. The molecule has 1 aliphatic rings. The molecule has 0 spiro atoms. The first-order valence-corrected chi connectivity index (χ1v) is 6.67. The van der Waals surface area contributed by atoms with Crippen LogP contribution in [0.3, 0.4) is 0 Å². The number of allylic oxidation sites excluding steroid dienone is 20. The van der Waals surface area contributed by atoms with Crippen LogP contribution in [0.2, 0.25) is 0 Å². The Labute approximate surface area is 122 Å². The molecular weight excluding hydrogens is 240 g/mol. The second kappa shape index (κ2) is 12.8. The molecule has 1 aliphatic carbocycles. The lowest BCUT2D eigenvalue weighted by Crippen LogP contribution is -1.55. The molecule has 0 fully saturated rings. The molecule has 0 aromatic carbocycles. The zero-order valence-electron chi connectivity index (χ0n) is 11.5. The molecule has 0 aromatic rings. The van der Waals surface area contributed by atoms with Gasteiger partial charge in [-0.15, -0.1) is 0 Å². The van der Waals surface area contributed by atoms with Crippen LogP contribution in [0.15, 0.2) is 122 Å². The Morgan fingerprint density at radius 3 is 0.200 bits per heavy atom. The molecule has 0 radical (unpaired) electrons. The van der Waals surface area contributed by atoms with E-state index in [1.807, 2.05) is 122 Å². The summed E-state index contributed by atoms with van der Waals surface area (Å²) in [5, 5.41) is 0. The Bertz CT molecular complexity index is 318. The van der Waals surface area contributed by atoms with Gasteiger partial charge in [-0.25, -0.2) is 0 Å². The fourth-order valence-electron chi connectivity index (χ4n) is 1.28. The molecule has 1 rings (SSSR count). The summed E-state index contributed by atoms with van der Waals surface area (Å²) in [5.41, 5.74) is 0. The second-order valence-corrected chi connectivity index (χ2v) is 3.85. The van der Waals surface area contributed by atoms with Gasteiger partial charge in [0.15, 0.2) is 0 Å². The van der Waals surface area contributed by atoms with Crippen molar-refractivity contribution < 1.29 is 0 Å². The second-order valence-electron chi connectivity index (χ2n) is 3.85. The number of rotatable bonds is 0. The van der Waals surface area contributed by atoms with E-state index in [0.29, 0.717) is 0 Å². The smallest absolute Gasteiger partial charge is 0.0623 e. The first-order chi connectivity index (χ1) is 10.0. The zero-order chi connectivity index (χ0) is 14.1. The highest BCUT2D eigenvalue weighted by molar-refractivity contribution is 5.24. The van der Waals surface area contributed by atoms with Crippen molar-refractivity contribution in [2.45, 2.75) is 0 Å². The molecule has 0 atom stereocenters. The summed E-state index contributed by atoms with van der Waals surface area (Å²) in [4.78, 5) is 0. The highest BCUT2D eigenvalue weighted by Crippen LogP contribution is 1.88. The van der Waals surface area contributed by atoms with Gasteiger partial charge in [0.05, 0.1) is 0 Å². The monoisotopic (exact) mass is 260 g/mol. The summed E-state index contributed by atoms with van der Waals surface area (Å²) < 4.78 is 0. The van der Waals surface area contributed by atoms with E-state index < -0.39 is 0 Å². The molecule has 0 aliphatic heterocycles. The molecule has 0 heterocycles. The Hall–Kier alpha value is -2.60. The fraction of sp³-hybridized carbons (Fsp3) is 0. The minimum Gasteiger partial charge on any atom is -0.0623 e. The third-order valence-electron chi connectivity index (χ3n) is 2.22. The third-order valence-corrected chi connectivity index (χ3v) is 2.22. The van der Waals surface area contributed by atoms with Crippen molar-refractivity contribution in [2.24, 2.45) is 0 Å². The molecule has 0 nitrogen and oxygen atoms in total. The van der Waals surface area contributed by atoms with Gasteiger partial charge in [-0.05, 0) is 0 Å². The average Bonchev–Trinajstić information content (AvgIpc) is 2.46. The third kappa shape index (κ3) is 10.5. The van der Waals surface area contributed by atoms with Gasteiger partial charge < -0.3 is 0 Å². The SMILES string of the molecule is C1=CC=CC=CC=CC=CC=CC=CC=CC=CC=C1. The summed E-state index contributed by atoms with van der Waals surface area (Å²) in [6.45, 7) is 0. The molecule has 0 amide bonds. The van der Waals surface area contributed by atoms with E-state index in [-0.39, 0.29) is 0 Å². The van der Waals surface area contributed by atoms with Crippen LogP contribution in [0.4, 0.5) is 0 Å². The van der Waals surface area contributed by atoms with Crippen LogP contribution in [-0.4, -0.2) is 0 Å². The van der Waals surface area contributed by atoms with E-state index in [1.165, 1.54) is 0 Å². The maximum absolute atomic E-state index is 2.00. The average molecular weight is 260 g/mol. The van der Waals surface area contributed by atoms with Gasteiger partial charge in [0.2, 0.25) is 0 Å². The Balaban J connectivity index is 2.67. The van der Waals surface area contributed by atoms with E-state index >= 15 is 0 Å². The highest BCUT2D eigenvalue weighted by atomic mass is 13.7. The maximum Gasteiger partial charge on any atom is -0.0623 e. The van der Waals surface area contributed by atoms with Crippen molar-refractivity contribution in [3.8, 4) is 0 Å². The summed E-state index contributed by atoms with van der Waals surface area (Å²) in [6, 6.07) is 0. The Kier molecular flexibility index (Phi) is 9.93. The van der Waals surface area contributed by atoms with E-state index in [4.69, 9.17) is 0 Å². The molecular formula is C20H20. The predicted octanol–water partition coefficient (Wildman–Crippen LogP) is 5.56. The van der Waals surface area contributed by atoms with Crippen molar-refractivity contribution in [2.75, 3.05) is 0 Å². The lowest BCUT2D eigenvalue weighted by molar-refractivity contribution is 1.81. The molecule has 0 N–H and O–H groups in total. The standard InChI is InChI=1S/C20H20/c1-2-4-6-8-10-12-14-16-18-20-19-17-15-13-11-9-7-5-3-1/h1-20H. The van der Waals surface area contributed by atoms with Crippen molar-refractivity contribution in [1.82, 2.24) is 0 Å². The fourth-order valence-corrected chi connectivity index (χ4v) is 1.28. The topological polar surface area (TPSA) is 0 Å². The van der Waals surface area contributed by atoms with Gasteiger partial charge in [-0.3, -0.25) is 0 Å². The first-order valence-electron chi connectivity index (χ1n) is 6.67. The molecule has 0 saturated carbocycles. The Morgan fingerprint density at radius 1 is 0.100 bits per heavy atom. The molecule has 20 heavy (non-hydrogen) atoms. The maximum atomic E-state index is 2.00. The summed E-state index contributed by atoms with van der Waals surface area (Å²) in [7, 11) is 0. The van der Waals surface area contributed by atoms with Crippen molar-refractivity contribution >= 4 is 0 Å². The molecule has 0 saturated heterocycles. The van der Waals surface area contributed by atoms with Crippen molar-refractivity contribution in [3.63, 3.8) is 0 Å². The van der Waals surface area contributed by atoms with Crippen LogP contribution in [0.25, 0.3) is 0 Å². The van der Waals surface area contributed by atoms with Gasteiger partial charge in [0, 0.05) is 0 Å². The highest BCUT2D eigenvalue weighted by Gasteiger charge is 1.66. The van der Waals surface area contributed by atoms with Crippen LogP contribution in [0.5, 0.6) is 0 Å². The first kappa shape index (κ1) is 15.5. The Morgan fingerprint density at radius 2 is 0.150 bits per heavy atom. The number of hydrogen-bond donors (Lipinski definition) is 0. The van der Waals surface area contributed by atoms with Gasteiger partial charge in [-0.2, -0.15) is 0 Å². The van der Waals surface area contributed by atoms with Crippen LogP contribution in [0.1, 0.15) is 0 Å². The lowest BCUT2D eigenvalue weighted by Gasteiger charge is -1.77. The molecule has 100 valence electrons. The summed E-state index contributed by atoms with van der Waals surface area (Å²) in [5.74, 6) is 0. The van der Waals surface area contributed by atoms with E-state index in [9.17, 15) is 0 Å². The van der Waals surface area contributed by atoms with Gasteiger partial charge >= 0.3 is 0 Å². The largest absolute Gasteiger partial charge is 0.0623 e. The zero-order valence-corrected chi connectivity index (χ0v) is 11.5. The molecule has 0 bridgehead atoms. The molecule has 0 unspecified atom stereocenters. The lowest BCUT2D eigenvalue weighted by atomic mass is 10.3. The minimum atomic E-state index is 2.00. The van der Waals surface area contributed by atoms with E-state index in [0.717, 1.165) is 0 Å². The van der Waals surface area contributed by atoms with Crippen LogP contribution in [0, 0.1) is 0 Å². The van der Waals surface area contributed by atoms with Crippen molar-refractivity contribution in [1.29, 1.82) is 0 Å². The minimum absolute atomic E-state index is 2.00. The van der Waals surface area contributed by atoms with Crippen LogP contribution in [-0.2, 0) is 0 Å². The van der Waals surface area contributed by atoms with Crippen LogP contribution >= 0.6 is 0 Å². The molecule has 0 aromatic heterocycles. The normalized spacial score (nSPS) is 16.0. The van der Waals surface area contributed by atoms with Gasteiger partial charge in [0.1, 0.15) is 0 Å². The van der Waals surface area contributed by atoms with Crippen LogP contribution < -0.4 is 0 Å². The predicted molar refractivity (Wildman–Crippen MR) is 91.4 cm³/mol. The molecule has 0 heteroatoms. The van der Waals surface area contributed by atoms with Crippen molar-refractivity contribution in [3.05, 3.63) is 122 Å².